The molecule has 0 atom stereocenters. The van der Waals surface area contributed by atoms with Crippen molar-refractivity contribution in [3.05, 3.63) is 23.5 Å². The molecule has 1 rings (SSSR count). The summed E-state index contributed by atoms with van der Waals surface area (Å²) in [5, 5.41) is 0. The Labute approximate surface area is 79.5 Å². The molecule has 0 aliphatic carbocycles. The molecule has 0 aliphatic heterocycles. The highest BCUT2D eigenvalue weighted by atomic mass is 35.5. The molecule has 0 fully saturated rings. The van der Waals surface area contributed by atoms with E-state index < -0.39 is 6.43 Å². The molecule has 0 bridgehead atoms. The Morgan fingerprint density at radius 2 is 2.31 bits per heavy atom. The average molecular weight is 208 g/mol. The van der Waals surface area contributed by atoms with E-state index in [1.165, 1.54) is 13.3 Å². The van der Waals surface area contributed by atoms with Crippen molar-refractivity contribution in [2.24, 2.45) is 0 Å². The summed E-state index contributed by atoms with van der Waals surface area (Å²) in [5.41, 5.74) is 0.162. The summed E-state index contributed by atoms with van der Waals surface area (Å²) in [6.45, 7) is 0. The smallest absolute Gasteiger partial charge is 0.284 e. The van der Waals surface area contributed by atoms with Crippen molar-refractivity contribution in [2.75, 3.05) is 7.11 Å². The second-order valence-electron chi connectivity index (χ2n) is 2.32. The highest BCUT2D eigenvalue weighted by molar-refractivity contribution is 6.17. The number of methoxy groups -OCH3 is 1. The first-order chi connectivity index (χ1) is 6.20. The van der Waals surface area contributed by atoms with Crippen LogP contribution in [0.25, 0.3) is 0 Å². The van der Waals surface area contributed by atoms with Gasteiger partial charge < -0.3 is 4.74 Å². The maximum atomic E-state index is 12.3. The lowest BCUT2D eigenvalue weighted by Crippen LogP contribution is -1.99. The molecule has 2 nitrogen and oxygen atoms in total. The van der Waals surface area contributed by atoms with Crippen molar-refractivity contribution in [3.8, 4) is 5.75 Å². The first-order valence-corrected chi connectivity index (χ1v) is 4.10. The summed E-state index contributed by atoms with van der Waals surface area (Å²) < 4.78 is 29.5. The molecule has 1 aromatic rings. The quantitative estimate of drug-likeness (QED) is 0.711. The molecule has 72 valence electrons. The van der Waals surface area contributed by atoms with Gasteiger partial charge in [0, 0.05) is 11.8 Å². The lowest BCUT2D eigenvalue weighted by molar-refractivity contribution is 0.141. The number of halogens is 3. The minimum atomic E-state index is -2.64. The van der Waals surface area contributed by atoms with Crippen LogP contribution in [0.3, 0.4) is 0 Å². The number of hydrogen-bond donors (Lipinski definition) is 0. The number of hydrogen-bond acceptors (Lipinski definition) is 2. The van der Waals surface area contributed by atoms with Crippen LogP contribution in [0.15, 0.2) is 12.3 Å². The van der Waals surface area contributed by atoms with Crippen LogP contribution in [0.5, 0.6) is 5.75 Å². The monoisotopic (exact) mass is 207 g/mol. The molecule has 0 amide bonds. The van der Waals surface area contributed by atoms with Crippen LogP contribution in [0.2, 0.25) is 0 Å². The minimum absolute atomic E-state index is 0.0764. The van der Waals surface area contributed by atoms with E-state index in [2.05, 4.69) is 4.98 Å². The molecule has 5 heteroatoms. The highest BCUT2D eigenvalue weighted by Crippen LogP contribution is 2.30. The Morgan fingerprint density at radius 1 is 1.62 bits per heavy atom. The number of pyridine rings is 1. The summed E-state index contributed by atoms with van der Waals surface area (Å²) >= 11 is 5.53. The van der Waals surface area contributed by atoms with E-state index in [0.29, 0.717) is 5.56 Å². The normalized spacial score (nSPS) is 10.5. The number of nitrogens with zero attached hydrogens (tertiary/aromatic N) is 1. The molecular formula is C8H8ClF2NO. The van der Waals surface area contributed by atoms with Crippen molar-refractivity contribution in [2.45, 2.75) is 12.3 Å². The van der Waals surface area contributed by atoms with Crippen molar-refractivity contribution in [1.82, 2.24) is 4.98 Å². The van der Waals surface area contributed by atoms with Crippen molar-refractivity contribution < 1.29 is 13.5 Å². The van der Waals surface area contributed by atoms with Crippen LogP contribution in [-0.2, 0) is 5.88 Å². The van der Waals surface area contributed by atoms with Crippen LogP contribution in [-0.4, -0.2) is 12.1 Å². The van der Waals surface area contributed by atoms with Crippen molar-refractivity contribution in [1.29, 1.82) is 0 Å². The van der Waals surface area contributed by atoms with Crippen molar-refractivity contribution in [3.63, 3.8) is 0 Å². The third kappa shape index (κ3) is 2.06. The van der Waals surface area contributed by atoms with E-state index >= 15 is 0 Å². The van der Waals surface area contributed by atoms with Gasteiger partial charge in [-0.05, 0) is 6.07 Å². The third-order valence-electron chi connectivity index (χ3n) is 1.57. The molecule has 0 saturated heterocycles. The van der Waals surface area contributed by atoms with Gasteiger partial charge in [-0.2, -0.15) is 0 Å². The van der Waals surface area contributed by atoms with Crippen LogP contribution in [0.4, 0.5) is 8.78 Å². The van der Waals surface area contributed by atoms with Gasteiger partial charge in [0.1, 0.15) is 5.69 Å². The van der Waals surface area contributed by atoms with Gasteiger partial charge in [0.05, 0.1) is 13.0 Å². The van der Waals surface area contributed by atoms with E-state index in [1.54, 1.807) is 6.07 Å². The zero-order valence-electron chi connectivity index (χ0n) is 6.93. The van der Waals surface area contributed by atoms with Gasteiger partial charge in [-0.15, -0.1) is 11.6 Å². The fourth-order valence-corrected chi connectivity index (χ4v) is 1.21. The summed E-state index contributed by atoms with van der Waals surface area (Å²) in [6, 6.07) is 1.55. The molecule has 1 aromatic heterocycles. The molecular weight excluding hydrogens is 200 g/mol. The maximum absolute atomic E-state index is 12.3. The van der Waals surface area contributed by atoms with E-state index in [1.807, 2.05) is 0 Å². The number of aromatic nitrogens is 1. The van der Waals surface area contributed by atoms with Crippen LogP contribution < -0.4 is 4.74 Å². The highest BCUT2D eigenvalue weighted by Gasteiger charge is 2.17. The lowest BCUT2D eigenvalue weighted by Gasteiger charge is -2.09. The Morgan fingerprint density at radius 3 is 2.77 bits per heavy atom. The minimum Gasteiger partial charge on any atom is -0.494 e. The maximum Gasteiger partial charge on any atom is 0.284 e. The third-order valence-corrected chi connectivity index (χ3v) is 1.86. The number of alkyl halides is 3. The number of rotatable bonds is 3. The van der Waals surface area contributed by atoms with Gasteiger partial charge in [0.15, 0.2) is 5.75 Å². The van der Waals surface area contributed by atoms with E-state index in [9.17, 15) is 8.78 Å². The van der Waals surface area contributed by atoms with Gasteiger partial charge in [0.25, 0.3) is 6.43 Å². The van der Waals surface area contributed by atoms with Crippen molar-refractivity contribution >= 4 is 11.6 Å². The molecule has 0 saturated carbocycles. The molecule has 0 unspecified atom stereocenters. The Bertz CT molecular complexity index is 293. The second-order valence-corrected chi connectivity index (χ2v) is 2.59. The van der Waals surface area contributed by atoms with Gasteiger partial charge in [-0.25, -0.2) is 8.78 Å². The zero-order valence-corrected chi connectivity index (χ0v) is 7.68. The first-order valence-electron chi connectivity index (χ1n) is 3.56. The zero-order chi connectivity index (χ0) is 9.84. The molecule has 1 heterocycles. The average Bonchev–Trinajstić information content (AvgIpc) is 2.16. The van der Waals surface area contributed by atoms with Gasteiger partial charge in [0.2, 0.25) is 0 Å². The Balaban J connectivity index is 3.19. The van der Waals surface area contributed by atoms with Gasteiger partial charge in [-0.3, -0.25) is 4.98 Å². The van der Waals surface area contributed by atoms with Crippen LogP contribution >= 0.6 is 11.6 Å². The molecule has 0 radical (unpaired) electrons. The molecule has 0 spiro atoms. The summed E-state index contributed by atoms with van der Waals surface area (Å²) in [5.74, 6) is 0.207. The van der Waals surface area contributed by atoms with Crippen LogP contribution in [0.1, 0.15) is 17.7 Å². The second kappa shape index (κ2) is 4.37. The summed E-state index contributed by atoms with van der Waals surface area (Å²) in [7, 11) is 1.32. The standard InChI is InChI=1S/C8H8ClF2NO/c1-13-7-5(4-9)2-3-12-6(7)8(10)11/h2-3,8H,4H2,1H3. The van der Waals surface area contributed by atoms with E-state index in [-0.39, 0.29) is 17.3 Å². The van der Waals surface area contributed by atoms with E-state index in [0.717, 1.165) is 0 Å². The predicted octanol–water partition coefficient (Wildman–Crippen LogP) is 2.77. The first kappa shape index (κ1) is 10.2. The fourth-order valence-electron chi connectivity index (χ4n) is 1.00. The fraction of sp³-hybridized carbons (Fsp3) is 0.375. The number of ether oxygens (including phenoxy) is 1. The van der Waals surface area contributed by atoms with Crippen LogP contribution in [0, 0.1) is 0 Å². The predicted molar refractivity (Wildman–Crippen MR) is 45.3 cm³/mol. The Kier molecular flexibility index (Phi) is 3.42. The molecule has 0 N–H and O–H groups in total. The van der Waals surface area contributed by atoms with Gasteiger partial charge in [-0.1, -0.05) is 0 Å². The molecule has 0 aliphatic rings. The summed E-state index contributed by atoms with van der Waals surface area (Å²) in [4.78, 5) is 3.52. The molecule has 0 aromatic carbocycles. The SMILES string of the molecule is COc1c(CCl)ccnc1C(F)F. The molecule has 13 heavy (non-hydrogen) atoms. The van der Waals surface area contributed by atoms with Gasteiger partial charge >= 0.3 is 0 Å². The lowest BCUT2D eigenvalue weighted by atomic mass is 10.2. The summed E-state index contributed by atoms with van der Waals surface area (Å²) in [6.07, 6.45) is -1.35. The Hall–Kier alpha value is -0.900. The van der Waals surface area contributed by atoms with E-state index in [4.69, 9.17) is 16.3 Å². The topological polar surface area (TPSA) is 22.1 Å². The largest absolute Gasteiger partial charge is 0.494 e.